The monoisotopic (exact) mass is 414 g/mol. The molecule has 0 saturated carbocycles. The number of sulfone groups is 1. The Morgan fingerprint density at radius 2 is 1.90 bits per heavy atom. The first-order valence-corrected chi connectivity index (χ1v) is 11.2. The summed E-state index contributed by atoms with van der Waals surface area (Å²) >= 11 is 0. The summed E-state index contributed by atoms with van der Waals surface area (Å²) in [4.78, 5) is 17.4. The van der Waals surface area contributed by atoms with Crippen LogP contribution in [0.15, 0.2) is 47.4 Å². The van der Waals surface area contributed by atoms with Crippen molar-refractivity contribution < 1.29 is 17.6 Å². The number of amides is 1. The van der Waals surface area contributed by atoms with Crippen LogP contribution in [0.2, 0.25) is 0 Å². The first kappa shape index (κ1) is 20.9. The van der Waals surface area contributed by atoms with Crippen molar-refractivity contribution in [2.24, 2.45) is 0 Å². The van der Waals surface area contributed by atoms with Gasteiger partial charge in [0.05, 0.1) is 17.1 Å². The third-order valence-electron chi connectivity index (χ3n) is 5.00. The maximum Gasteiger partial charge on any atom is 0.252 e. The zero-order valence-corrected chi connectivity index (χ0v) is 17.6. The van der Waals surface area contributed by atoms with Crippen LogP contribution in [0, 0.1) is 12.7 Å². The first-order valence-electron chi connectivity index (χ1n) is 9.32. The number of hydrogen-bond donors (Lipinski definition) is 1. The lowest BCUT2D eigenvalue weighted by atomic mass is 9.99. The number of nitrogens with zero attached hydrogens (tertiary/aromatic N) is 1. The van der Waals surface area contributed by atoms with Crippen molar-refractivity contribution in [3.63, 3.8) is 0 Å². The van der Waals surface area contributed by atoms with E-state index < -0.39 is 21.7 Å². The molecule has 1 heterocycles. The fraction of sp³-hybridized carbons (Fsp3) is 0.273. The molecule has 7 heteroatoms. The zero-order chi connectivity index (χ0) is 21.3. The number of halogens is 1. The van der Waals surface area contributed by atoms with Crippen molar-refractivity contribution in [3.8, 4) is 0 Å². The maximum atomic E-state index is 14.2. The molecule has 0 radical (unpaired) electrons. The van der Waals surface area contributed by atoms with Gasteiger partial charge in [-0.05, 0) is 49.6 Å². The van der Waals surface area contributed by atoms with E-state index in [2.05, 4.69) is 10.3 Å². The molecule has 1 N–H and O–H groups in total. The minimum atomic E-state index is -3.65. The van der Waals surface area contributed by atoms with Gasteiger partial charge in [0.1, 0.15) is 10.7 Å². The van der Waals surface area contributed by atoms with E-state index in [0.717, 1.165) is 34.5 Å². The Balaban J connectivity index is 1.97. The van der Waals surface area contributed by atoms with Gasteiger partial charge in [0, 0.05) is 17.3 Å². The molecule has 0 saturated heterocycles. The van der Waals surface area contributed by atoms with Gasteiger partial charge >= 0.3 is 0 Å². The highest BCUT2D eigenvalue weighted by Gasteiger charge is 2.21. The molecule has 5 nitrogen and oxygen atoms in total. The van der Waals surface area contributed by atoms with Gasteiger partial charge in [-0.3, -0.25) is 9.78 Å². The van der Waals surface area contributed by atoms with Gasteiger partial charge in [0.25, 0.3) is 5.91 Å². The average Bonchev–Trinajstić information content (AvgIpc) is 2.66. The Hall–Kier alpha value is -2.80. The van der Waals surface area contributed by atoms with Crippen LogP contribution in [-0.2, 0) is 16.3 Å². The maximum absolute atomic E-state index is 14.2. The van der Waals surface area contributed by atoms with Gasteiger partial charge in [-0.15, -0.1) is 0 Å². The second-order valence-corrected chi connectivity index (χ2v) is 9.07. The topological polar surface area (TPSA) is 76.1 Å². The van der Waals surface area contributed by atoms with Gasteiger partial charge < -0.3 is 5.32 Å². The molecule has 0 bridgehead atoms. The smallest absolute Gasteiger partial charge is 0.252 e. The Morgan fingerprint density at radius 3 is 2.52 bits per heavy atom. The zero-order valence-electron chi connectivity index (χ0n) is 16.8. The van der Waals surface area contributed by atoms with Crippen LogP contribution in [0.5, 0.6) is 0 Å². The number of hydrogen-bond acceptors (Lipinski definition) is 4. The number of para-hydroxylation sites is 1. The summed E-state index contributed by atoms with van der Waals surface area (Å²) in [6.07, 6.45) is 1.66. The first-order chi connectivity index (χ1) is 13.6. The molecular formula is C22H23FN2O3S. The van der Waals surface area contributed by atoms with Crippen molar-refractivity contribution in [1.29, 1.82) is 0 Å². The second-order valence-electron chi connectivity index (χ2n) is 7.09. The molecule has 1 atom stereocenters. The second kappa shape index (κ2) is 7.91. The van der Waals surface area contributed by atoms with Gasteiger partial charge in [0.2, 0.25) is 0 Å². The fourth-order valence-electron chi connectivity index (χ4n) is 3.43. The van der Waals surface area contributed by atoms with Crippen molar-refractivity contribution in [3.05, 3.63) is 70.7 Å². The normalized spacial score (nSPS) is 12.7. The van der Waals surface area contributed by atoms with E-state index in [-0.39, 0.29) is 10.8 Å². The van der Waals surface area contributed by atoms with Crippen molar-refractivity contribution in [2.45, 2.75) is 38.1 Å². The minimum Gasteiger partial charge on any atom is -0.345 e. The minimum absolute atomic E-state index is 0.282. The SMILES string of the molecule is CCc1nc2ccccc2c(C(=O)N[C@H](C)c2ccc(S(C)(=O)=O)c(F)c2)c1C. The van der Waals surface area contributed by atoms with Crippen molar-refractivity contribution in [2.75, 3.05) is 6.26 Å². The number of pyridine rings is 1. The lowest BCUT2D eigenvalue weighted by Crippen LogP contribution is -2.28. The van der Waals surface area contributed by atoms with Crippen LogP contribution in [0.3, 0.4) is 0 Å². The third-order valence-corrected chi connectivity index (χ3v) is 6.13. The van der Waals surface area contributed by atoms with Gasteiger partial charge in [-0.2, -0.15) is 0 Å². The van der Waals surface area contributed by atoms with E-state index >= 15 is 0 Å². The van der Waals surface area contributed by atoms with E-state index in [1.54, 1.807) is 6.92 Å². The number of carbonyl (C=O) groups is 1. The Kier molecular flexibility index (Phi) is 5.71. The lowest BCUT2D eigenvalue weighted by Gasteiger charge is -2.18. The van der Waals surface area contributed by atoms with Crippen molar-refractivity contribution in [1.82, 2.24) is 10.3 Å². The highest BCUT2D eigenvalue weighted by molar-refractivity contribution is 7.90. The van der Waals surface area contributed by atoms with Crippen LogP contribution >= 0.6 is 0 Å². The van der Waals surface area contributed by atoms with Crippen LogP contribution in [0.1, 0.15) is 47.1 Å². The van der Waals surface area contributed by atoms with Crippen LogP contribution in [-0.4, -0.2) is 25.6 Å². The molecule has 0 aliphatic heterocycles. The van der Waals surface area contributed by atoms with E-state index in [1.165, 1.54) is 12.1 Å². The molecule has 1 aromatic heterocycles. The van der Waals surface area contributed by atoms with Gasteiger partial charge in [-0.25, -0.2) is 12.8 Å². The number of fused-ring (bicyclic) bond motifs is 1. The number of aryl methyl sites for hydroxylation is 1. The average molecular weight is 415 g/mol. The van der Waals surface area contributed by atoms with Crippen LogP contribution in [0.4, 0.5) is 4.39 Å². The lowest BCUT2D eigenvalue weighted by molar-refractivity contribution is 0.0940. The summed E-state index contributed by atoms with van der Waals surface area (Å²) < 4.78 is 37.4. The number of nitrogens with one attached hydrogen (secondary N) is 1. The van der Waals surface area contributed by atoms with Gasteiger partial charge in [0.15, 0.2) is 9.84 Å². The van der Waals surface area contributed by atoms with Crippen LogP contribution < -0.4 is 5.32 Å². The predicted octanol–water partition coefficient (Wildman–Crippen LogP) is 4.14. The molecule has 29 heavy (non-hydrogen) atoms. The van der Waals surface area contributed by atoms with E-state index in [0.29, 0.717) is 17.5 Å². The van der Waals surface area contributed by atoms with E-state index in [4.69, 9.17) is 0 Å². The number of carbonyl (C=O) groups excluding carboxylic acids is 1. The summed E-state index contributed by atoms with van der Waals surface area (Å²) in [5.74, 6) is -1.11. The summed E-state index contributed by atoms with van der Waals surface area (Å²) in [6, 6.07) is 10.8. The highest BCUT2D eigenvalue weighted by Crippen LogP contribution is 2.25. The molecule has 2 aromatic carbocycles. The number of benzene rings is 2. The van der Waals surface area contributed by atoms with Crippen LogP contribution in [0.25, 0.3) is 10.9 Å². The molecule has 0 fully saturated rings. The standard InChI is InChI=1S/C22H23FN2O3S/c1-5-18-13(2)21(16-8-6-7-9-19(16)25-18)22(26)24-14(3)15-10-11-20(17(23)12-15)29(4,27)28/h6-12,14H,5H2,1-4H3,(H,24,26)/t14-/m1/s1. The summed E-state index contributed by atoms with van der Waals surface area (Å²) in [6.45, 7) is 5.59. The molecule has 3 rings (SSSR count). The molecule has 152 valence electrons. The molecule has 0 aliphatic carbocycles. The molecule has 1 amide bonds. The fourth-order valence-corrected chi connectivity index (χ4v) is 4.16. The number of aromatic nitrogens is 1. The molecule has 0 unspecified atom stereocenters. The molecule has 0 aliphatic rings. The highest BCUT2D eigenvalue weighted by atomic mass is 32.2. The molecule has 0 spiro atoms. The predicted molar refractivity (Wildman–Crippen MR) is 111 cm³/mol. The number of rotatable bonds is 5. The third kappa shape index (κ3) is 4.15. The Morgan fingerprint density at radius 1 is 1.21 bits per heavy atom. The summed E-state index contributed by atoms with van der Waals surface area (Å²) in [5.41, 5.74) is 3.44. The quantitative estimate of drug-likeness (QED) is 0.681. The van der Waals surface area contributed by atoms with E-state index in [1.807, 2.05) is 38.1 Å². The molecule has 3 aromatic rings. The molecular weight excluding hydrogens is 391 g/mol. The Bertz CT molecular complexity index is 1210. The largest absolute Gasteiger partial charge is 0.345 e. The van der Waals surface area contributed by atoms with Gasteiger partial charge in [-0.1, -0.05) is 31.2 Å². The summed E-state index contributed by atoms with van der Waals surface area (Å²) in [5, 5.41) is 3.65. The van der Waals surface area contributed by atoms with Crippen molar-refractivity contribution >= 4 is 26.6 Å². The summed E-state index contributed by atoms with van der Waals surface area (Å²) in [7, 11) is -3.65. The Labute approximate surface area is 169 Å². The van der Waals surface area contributed by atoms with E-state index in [9.17, 15) is 17.6 Å².